The molecule has 0 radical (unpaired) electrons. The maximum Gasteiger partial charge on any atom is 0.103 e. The summed E-state index contributed by atoms with van der Waals surface area (Å²) in [5, 5.41) is 25.8. The third-order valence-corrected chi connectivity index (χ3v) is 4.47. The zero-order valence-corrected chi connectivity index (χ0v) is 15.2. The van der Waals surface area contributed by atoms with Crippen molar-refractivity contribution in [2.45, 2.75) is 51.7 Å². The maximum absolute atomic E-state index is 9.67. The van der Waals surface area contributed by atoms with Gasteiger partial charge in [-0.25, -0.2) is 0 Å². The van der Waals surface area contributed by atoms with Crippen LogP contribution < -0.4 is 15.5 Å². The van der Waals surface area contributed by atoms with E-state index in [9.17, 15) is 10.4 Å². The summed E-state index contributed by atoms with van der Waals surface area (Å²) in [6.45, 7) is 12.8. The van der Waals surface area contributed by atoms with Crippen molar-refractivity contribution in [3.8, 4) is 6.07 Å². The van der Waals surface area contributed by atoms with Gasteiger partial charge in [-0.1, -0.05) is 13.2 Å². The number of nitrogens with zero attached hydrogens (tertiary/aromatic N) is 2. The van der Waals surface area contributed by atoms with Gasteiger partial charge >= 0.3 is 0 Å². The molecule has 0 heterocycles. The maximum atomic E-state index is 9.67. The molecular weight excluding hydrogens is 312 g/mol. The molecule has 134 valence electrons. The lowest BCUT2D eigenvalue weighted by Gasteiger charge is -2.30. The quantitative estimate of drug-likeness (QED) is 0.706. The molecule has 25 heavy (non-hydrogen) atoms. The second-order valence-electron chi connectivity index (χ2n) is 6.54. The molecule has 0 spiro atoms. The summed E-state index contributed by atoms with van der Waals surface area (Å²) in [5.74, 6) is 0.756. The molecule has 2 rings (SSSR count). The highest BCUT2D eigenvalue weighted by Gasteiger charge is 2.21. The highest BCUT2D eigenvalue weighted by molar-refractivity contribution is 5.69. The minimum Gasteiger partial charge on any atom is -0.393 e. The fraction of sp³-hybridized carbons (Fsp3) is 0.450. The van der Waals surface area contributed by atoms with E-state index in [1.807, 2.05) is 36.9 Å². The molecular formula is C20H28N4O. The summed E-state index contributed by atoms with van der Waals surface area (Å²) in [7, 11) is 0. The van der Waals surface area contributed by atoms with Gasteiger partial charge in [0, 0.05) is 24.0 Å². The Kier molecular flexibility index (Phi) is 6.49. The fourth-order valence-corrected chi connectivity index (χ4v) is 3.22. The van der Waals surface area contributed by atoms with E-state index in [0.717, 1.165) is 55.1 Å². The first-order chi connectivity index (χ1) is 12.0. The molecule has 3 N–H and O–H groups in total. The van der Waals surface area contributed by atoms with Gasteiger partial charge in [0.2, 0.25) is 0 Å². The average Bonchev–Trinajstić information content (AvgIpc) is 2.57. The molecule has 5 heteroatoms. The SMILES string of the molecule is C=C(C)N(C(=C)NCC)c1ccc(C#N)c(NC2CCC(O)CC2)c1. The third kappa shape index (κ3) is 4.77. The van der Waals surface area contributed by atoms with Crippen molar-refractivity contribution in [2.24, 2.45) is 0 Å². The van der Waals surface area contributed by atoms with Crippen LogP contribution in [0, 0.1) is 11.3 Å². The van der Waals surface area contributed by atoms with Gasteiger partial charge in [-0.3, -0.25) is 0 Å². The summed E-state index contributed by atoms with van der Waals surface area (Å²) in [6.07, 6.45) is 3.22. The van der Waals surface area contributed by atoms with Gasteiger partial charge < -0.3 is 20.6 Å². The first-order valence-corrected chi connectivity index (χ1v) is 8.83. The molecule has 1 aromatic carbocycles. The highest BCUT2D eigenvalue weighted by Crippen LogP contribution is 2.30. The molecule has 0 saturated heterocycles. The van der Waals surface area contributed by atoms with Gasteiger partial charge in [-0.15, -0.1) is 0 Å². The summed E-state index contributed by atoms with van der Waals surface area (Å²) in [5.41, 5.74) is 3.20. The summed E-state index contributed by atoms with van der Waals surface area (Å²) >= 11 is 0. The third-order valence-electron chi connectivity index (χ3n) is 4.47. The van der Waals surface area contributed by atoms with Gasteiger partial charge in [0.25, 0.3) is 0 Å². The minimum absolute atomic E-state index is 0.192. The Morgan fingerprint density at radius 2 is 2.00 bits per heavy atom. The molecule has 0 amide bonds. The molecule has 1 aliphatic rings. The number of hydrogen-bond acceptors (Lipinski definition) is 5. The van der Waals surface area contributed by atoms with Crippen molar-refractivity contribution in [1.82, 2.24) is 5.32 Å². The fourth-order valence-electron chi connectivity index (χ4n) is 3.22. The zero-order valence-electron chi connectivity index (χ0n) is 15.2. The van der Waals surface area contributed by atoms with E-state index in [1.165, 1.54) is 0 Å². The van der Waals surface area contributed by atoms with Crippen molar-refractivity contribution in [3.05, 3.63) is 48.4 Å². The van der Waals surface area contributed by atoms with Gasteiger partial charge in [-0.2, -0.15) is 5.26 Å². The van der Waals surface area contributed by atoms with Crippen molar-refractivity contribution in [3.63, 3.8) is 0 Å². The molecule has 0 atom stereocenters. The molecule has 5 nitrogen and oxygen atoms in total. The van der Waals surface area contributed by atoms with Gasteiger partial charge in [0.15, 0.2) is 0 Å². The van der Waals surface area contributed by atoms with E-state index in [-0.39, 0.29) is 12.1 Å². The van der Waals surface area contributed by atoms with Crippen LogP contribution in [-0.4, -0.2) is 23.8 Å². The number of aliphatic hydroxyl groups excluding tert-OH is 1. The number of nitriles is 1. The van der Waals surface area contributed by atoms with Gasteiger partial charge in [0.1, 0.15) is 11.9 Å². The number of benzene rings is 1. The predicted octanol–water partition coefficient (Wildman–Crippen LogP) is 3.69. The lowest BCUT2D eigenvalue weighted by Crippen LogP contribution is -2.30. The van der Waals surface area contributed by atoms with Crippen LogP contribution in [0.4, 0.5) is 11.4 Å². The lowest BCUT2D eigenvalue weighted by molar-refractivity contribution is 0.126. The van der Waals surface area contributed by atoms with Crippen LogP contribution in [0.3, 0.4) is 0 Å². The molecule has 1 aliphatic carbocycles. The number of rotatable bonds is 7. The predicted molar refractivity (Wildman–Crippen MR) is 103 cm³/mol. The number of anilines is 2. The van der Waals surface area contributed by atoms with E-state index in [0.29, 0.717) is 5.56 Å². The van der Waals surface area contributed by atoms with Gasteiger partial charge in [-0.05, 0) is 57.7 Å². The van der Waals surface area contributed by atoms with Crippen molar-refractivity contribution < 1.29 is 5.11 Å². The van der Waals surface area contributed by atoms with Crippen LogP contribution in [0.2, 0.25) is 0 Å². The summed E-state index contributed by atoms with van der Waals surface area (Å²) < 4.78 is 0. The molecule has 0 aliphatic heterocycles. The zero-order chi connectivity index (χ0) is 18.4. The molecule has 1 aromatic rings. The first kappa shape index (κ1) is 18.9. The monoisotopic (exact) mass is 340 g/mol. The average molecular weight is 340 g/mol. The minimum atomic E-state index is -0.192. The van der Waals surface area contributed by atoms with Crippen LogP contribution in [0.15, 0.2) is 42.9 Å². The summed E-state index contributed by atoms with van der Waals surface area (Å²) in [4.78, 5) is 1.94. The second kappa shape index (κ2) is 8.59. The second-order valence-corrected chi connectivity index (χ2v) is 6.54. The van der Waals surface area contributed by atoms with Crippen LogP contribution in [0.5, 0.6) is 0 Å². The normalized spacial score (nSPS) is 19.6. The van der Waals surface area contributed by atoms with E-state index < -0.39 is 0 Å². The summed E-state index contributed by atoms with van der Waals surface area (Å²) in [6, 6.07) is 8.24. The molecule has 0 unspecified atom stereocenters. The van der Waals surface area contributed by atoms with Crippen molar-refractivity contribution >= 4 is 11.4 Å². The Bertz CT molecular complexity index is 669. The number of aliphatic hydroxyl groups is 1. The largest absolute Gasteiger partial charge is 0.393 e. The standard InChI is InChI=1S/C20H28N4O/c1-5-22-15(4)24(14(2)3)18-9-6-16(13-21)20(12-18)23-17-7-10-19(25)11-8-17/h6,9,12,17,19,22-23,25H,2,4-5,7-8,10-11H2,1,3H3. The van der Waals surface area contributed by atoms with Crippen LogP contribution in [0.25, 0.3) is 0 Å². The van der Waals surface area contributed by atoms with Crippen molar-refractivity contribution in [2.75, 3.05) is 16.8 Å². The Morgan fingerprint density at radius 1 is 1.32 bits per heavy atom. The van der Waals surface area contributed by atoms with E-state index >= 15 is 0 Å². The smallest absolute Gasteiger partial charge is 0.103 e. The first-order valence-electron chi connectivity index (χ1n) is 8.83. The molecule has 1 saturated carbocycles. The van der Waals surface area contributed by atoms with E-state index in [1.54, 1.807) is 0 Å². The number of nitrogens with one attached hydrogen (secondary N) is 2. The van der Waals surface area contributed by atoms with Gasteiger partial charge in [0.05, 0.1) is 17.4 Å². The molecule has 0 bridgehead atoms. The number of allylic oxidation sites excluding steroid dienone is 1. The van der Waals surface area contributed by atoms with Crippen LogP contribution in [-0.2, 0) is 0 Å². The van der Waals surface area contributed by atoms with Crippen LogP contribution in [0.1, 0.15) is 45.1 Å². The Labute approximate surface area is 150 Å². The highest BCUT2D eigenvalue weighted by atomic mass is 16.3. The topological polar surface area (TPSA) is 71.3 Å². The molecule has 1 fully saturated rings. The lowest BCUT2D eigenvalue weighted by atomic mass is 9.93. The van der Waals surface area contributed by atoms with Crippen LogP contribution >= 0.6 is 0 Å². The van der Waals surface area contributed by atoms with Crippen molar-refractivity contribution in [1.29, 1.82) is 5.26 Å². The Hall–Kier alpha value is -2.45. The number of hydrogen-bond donors (Lipinski definition) is 3. The Morgan fingerprint density at radius 3 is 2.56 bits per heavy atom. The van der Waals surface area contributed by atoms with E-state index in [4.69, 9.17) is 0 Å². The van der Waals surface area contributed by atoms with E-state index in [2.05, 4.69) is 29.9 Å². The molecule has 0 aromatic heterocycles. The Balaban J connectivity index is 2.27.